The average molecular weight is 350 g/mol. The number of hydrogen-bond donors (Lipinski definition) is 1. The summed E-state index contributed by atoms with van der Waals surface area (Å²) in [4.78, 5) is 27.3. The predicted octanol–water partition coefficient (Wildman–Crippen LogP) is 4.37. The number of anilines is 2. The van der Waals surface area contributed by atoms with Crippen molar-refractivity contribution < 1.29 is 9.59 Å². The highest BCUT2D eigenvalue weighted by Crippen LogP contribution is 2.48. The molecular formula is C22H26N2O2. The summed E-state index contributed by atoms with van der Waals surface area (Å²) in [7, 11) is 1.73. The second kappa shape index (κ2) is 6.60. The Balaban J connectivity index is 1.72. The second-order valence-electron chi connectivity index (χ2n) is 8.06. The quantitative estimate of drug-likeness (QED) is 0.833. The number of nitrogens with zero attached hydrogens (tertiary/aromatic N) is 1. The lowest BCUT2D eigenvalue weighted by Gasteiger charge is -2.23. The number of benzene rings is 2. The Bertz CT molecular complexity index is 800. The largest absolute Gasteiger partial charge is 0.325 e. The molecule has 0 atom stereocenters. The van der Waals surface area contributed by atoms with E-state index in [4.69, 9.17) is 0 Å². The number of para-hydroxylation sites is 1. The zero-order valence-corrected chi connectivity index (χ0v) is 15.9. The third kappa shape index (κ3) is 3.50. The monoisotopic (exact) mass is 350 g/mol. The number of carbonyl (C=O) groups is 2. The highest BCUT2D eigenvalue weighted by atomic mass is 16.2. The van der Waals surface area contributed by atoms with Crippen molar-refractivity contribution in [2.75, 3.05) is 17.3 Å². The molecule has 2 amide bonds. The summed E-state index contributed by atoms with van der Waals surface area (Å²) in [5.41, 5.74) is 1.86. The third-order valence-electron chi connectivity index (χ3n) is 5.05. The van der Waals surface area contributed by atoms with Crippen molar-refractivity contribution in [1.29, 1.82) is 0 Å². The fourth-order valence-electron chi connectivity index (χ4n) is 3.06. The molecule has 0 spiro atoms. The minimum Gasteiger partial charge on any atom is -0.325 e. The minimum atomic E-state index is -0.937. The molecule has 0 aromatic heterocycles. The van der Waals surface area contributed by atoms with Gasteiger partial charge in [-0.3, -0.25) is 9.59 Å². The van der Waals surface area contributed by atoms with Crippen LogP contribution in [0.1, 0.15) is 39.2 Å². The standard InChI is InChI=1S/C22H26N2O2/c1-21(2,3)16-10-12-17(13-11-16)23-19(25)22(14-15-22)20(26)24(4)18-8-6-5-7-9-18/h5-13H,14-15H2,1-4H3,(H,23,25). The molecule has 0 radical (unpaired) electrons. The Morgan fingerprint density at radius 1 is 0.962 bits per heavy atom. The first-order valence-corrected chi connectivity index (χ1v) is 8.99. The van der Waals surface area contributed by atoms with E-state index in [1.54, 1.807) is 11.9 Å². The number of rotatable bonds is 4. The number of carbonyl (C=O) groups excluding carboxylic acids is 2. The van der Waals surface area contributed by atoms with Gasteiger partial charge in [-0.15, -0.1) is 0 Å². The van der Waals surface area contributed by atoms with Gasteiger partial charge in [0.25, 0.3) is 0 Å². The van der Waals surface area contributed by atoms with Crippen LogP contribution in [-0.2, 0) is 15.0 Å². The fourth-order valence-corrected chi connectivity index (χ4v) is 3.06. The third-order valence-corrected chi connectivity index (χ3v) is 5.05. The molecule has 0 unspecified atom stereocenters. The molecule has 0 aliphatic heterocycles. The van der Waals surface area contributed by atoms with E-state index in [0.717, 1.165) is 11.4 Å². The first-order chi connectivity index (χ1) is 12.2. The van der Waals surface area contributed by atoms with E-state index >= 15 is 0 Å². The van der Waals surface area contributed by atoms with Gasteiger partial charge in [0.1, 0.15) is 5.41 Å². The van der Waals surface area contributed by atoms with Gasteiger partial charge in [0, 0.05) is 18.4 Å². The fraction of sp³-hybridized carbons (Fsp3) is 0.364. The van der Waals surface area contributed by atoms with Crippen LogP contribution in [0.2, 0.25) is 0 Å². The van der Waals surface area contributed by atoms with Crippen molar-refractivity contribution >= 4 is 23.2 Å². The Morgan fingerprint density at radius 2 is 1.54 bits per heavy atom. The molecule has 1 saturated carbocycles. The van der Waals surface area contributed by atoms with Gasteiger partial charge >= 0.3 is 0 Å². The molecule has 2 aromatic carbocycles. The Morgan fingerprint density at radius 3 is 2.04 bits per heavy atom. The van der Waals surface area contributed by atoms with E-state index in [0.29, 0.717) is 12.8 Å². The molecule has 1 fully saturated rings. The molecular weight excluding hydrogens is 324 g/mol. The summed E-state index contributed by atoms with van der Waals surface area (Å²) >= 11 is 0. The van der Waals surface area contributed by atoms with Gasteiger partial charge in [-0.05, 0) is 48.1 Å². The average Bonchev–Trinajstić information content (AvgIpc) is 3.43. The smallest absolute Gasteiger partial charge is 0.242 e. The molecule has 4 nitrogen and oxygen atoms in total. The van der Waals surface area contributed by atoms with Crippen LogP contribution in [-0.4, -0.2) is 18.9 Å². The lowest BCUT2D eigenvalue weighted by atomic mass is 9.87. The molecule has 1 N–H and O–H groups in total. The molecule has 136 valence electrons. The maximum absolute atomic E-state index is 12.9. The summed E-state index contributed by atoms with van der Waals surface area (Å²) in [5, 5.41) is 2.92. The van der Waals surface area contributed by atoms with Gasteiger partial charge < -0.3 is 10.2 Å². The van der Waals surface area contributed by atoms with Gasteiger partial charge in [-0.25, -0.2) is 0 Å². The summed E-state index contributed by atoms with van der Waals surface area (Å²) in [6, 6.07) is 17.3. The van der Waals surface area contributed by atoms with Crippen LogP contribution in [0.15, 0.2) is 54.6 Å². The Labute approximate surface area is 155 Å². The van der Waals surface area contributed by atoms with E-state index in [2.05, 4.69) is 26.1 Å². The van der Waals surface area contributed by atoms with E-state index in [1.807, 2.05) is 54.6 Å². The highest BCUT2D eigenvalue weighted by molar-refractivity contribution is 6.17. The van der Waals surface area contributed by atoms with E-state index in [-0.39, 0.29) is 17.2 Å². The van der Waals surface area contributed by atoms with Crippen molar-refractivity contribution in [3.8, 4) is 0 Å². The maximum atomic E-state index is 12.9. The van der Waals surface area contributed by atoms with Gasteiger partial charge in [0.15, 0.2) is 0 Å². The van der Waals surface area contributed by atoms with Crippen LogP contribution in [0.3, 0.4) is 0 Å². The molecule has 0 heterocycles. The van der Waals surface area contributed by atoms with Crippen molar-refractivity contribution in [2.45, 2.75) is 39.0 Å². The number of nitrogens with one attached hydrogen (secondary N) is 1. The van der Waals surface area contributed by atoms with Crippen molar-refractivity contribution in [2.24, 2.45) is 5.41 Å². The molecule has 26 heavy (non-hydrogen) atoms. The number of hydrogen-bond acceptors (Lipinski definition) is 2. The Kier molecular flexibility index (Phi) is 4.61. The zero-order chi connectivity index (χ0) is 18.9. The molecule has 2 aromatic rings. The molecule has 1 aliphatic rings. The van der Waals surface area contributed by atoms with Gasteiger partial charge in [0.05, 0.1) is 0 Å². The van der Waals surface area contributed by atoms with Crippen molar-refractivity contribution in [3.05, 3.63) is 60.2 Å². The van der Waals surface area contributed by atoms with Crippen LogP contribution < -0.4 is 10.2 Å². The topological polar surface area (TPSA) is 49.4 Å². The summed E-state index contributed by atoms with van der Waals surface area (Å²) in [6.07, 6.45) is 1.18. The molecule has 0 bridgehead atoms. The van der Waals surface area contributed by atoms with Crippen LogP contribution in [0.4, 0.5) is 11.4 Å². The highest BCUT2D eigenvalue weighted by Gasteiger charge is 2.57. The van der Waals surface area contributed by atoms with Crippen molar-refractivity contribution in [3.63, 3.8) is 0 Å². The van der Waals surface area contributed by atoms with E-state index in [1.165, 1.54) is 5.56 Å². The zero-order valence-electron chi connectivity index (χ0n) is 15.9. The Hall–Kier alpha value is -2.62. The van der Waals surface area contributed by atoms with Gasteiger partial charge in [-0.2, -0.15) is 0 Å². The number of amides is 2. The minimum absolute atomic E-state index is 0.0641. The van der Waals surface area contributed by atoms with E-state index < -0.39 is 5.41 Å². The normalized spacial score (nSPS) is 15.2. The lowest BCUT2D eigenvalue weighted by molar-refractivity contribution is -0.132. The van der Waals surface area contributed by atoms with Crippen LogP contribution >= 0.6 is 0 Å². The predicted molar refractivity (Wildman–Crippen MR) is 105 cm³/mol. The summed E-state index contributed by atoms with van der Waals surface area (Å²) in [5.74, 6) is -0.360. The molecule has 4 heteroatoms. The SMILES string of the molecule is CN(C(=O)C1(C(=O)Nc2ccc(C(C)(C)C)cc2)CC1)c1ccccc1. The van der Waals surface area contributed by atoms with Gasteiger partial charge in [0.2, 0.25) is 11.8 Å². The van der Waals surface area contributed by atoms with Crippen LogP contribution in [0.25, 0.3) is 0 Å². The van der Waals surface area contributed by atoms with Crippen LogP contribution in [0, 0.1) is 5.41 Å². The second-order valence-corrected chi connectivity index (χ2v) is 8.06. The first kappa shape index (κ1) is 18.2. The van der Waals surface area contributed by atoms with E-state index in [9.17, 15) is 9.59 Å². The molecule has 0 saturated heterocycles. The maximum Gasteiger partial charge on any atom is 0.242 e. The molecule has 3 rings (SSSR count). The summed E-state index contributed by atoms with van der Waals surface area (Å²) < 4.78 is 0. The molecule has 1 aliphatic carbocycles. The summed E-state index contributed by atoms with van der Waals surface area (Å²) in [6.45, 7) is 6.45. The lowest BCUT2D eigenvalue weighted by Crippen LogP contribution is -2.41. The first-order valence-electron chi connectivity index (χ1n) is 8.99. The van der Waals surface area contributed by atoms with Gasteiger partial charge in [-0.1, -0.05) is 51.1 Å². The van der Waals surface area contributed by atoms with Crippen LogP contribution in [0.5, 0.6) is 0 Å². The van der Waals surface area contributed by atoms with Crippen molar-refractivity contribution in [1.82, 2.24) is 0 Å².